The van der Waals surface area contributed by atoms with E-state index in [0.29, 0.717) is 5.75 Å². The maximum atomic E-state index is 11.9. The third-order valence-corrected chi connectivity index (χ3v) is 3.74. The summed E-state index contributed by atoms with van der Waals surface area (Å²) < 4.78 is 6.37. The Morgan fingerprint density at radius 1 is 1.39 bits per heavy atom. The number of ether oxygens (including phenoxy) is 1. The fourth-order valence-electron chi connectivity index (χ4n) is 1.94. The average Bonchev–Trinajstić information content (AvgIpc) is 2.38. The van der Waals surface area contributed by atoms with Crippen LogP contribution in [0.25, 0.3) is 0 Å². The fraction of sp³-hybridized carbons (Fsp3) is 0.462. The quantitative estimate of drug-likeness (QED) is 0.925. The van der Waals surface area contributed by atoms with Gasteiger partial charge in [0.05, 0.1) is 4.47 Å². The molecule has 5 heteroatoms. The molecule has 0 unspecified atom stereocenters. The highest BCUT2D eigenvalue weighted by atomic mass is 79.9. The van der Waals surface area contributed by atoms with Gasteiger partial charge < -0.3 is 15.4 Å². The van der Waals surface area contributed by atoms with Crippen molar-refractivity contribution in [1.29, 1.82) is 0 Å². The lowest BCUT2D eigenvalue weighted by Gasteiger charge is -2.30. The maximum absolute atomic E-state index is 11.9. The van der Waals surface area contributed by atoms with Crippen LogP contribution in [0, 0.1) is 0 Å². The van der Waals surface area contributed by atoms with Gasteiger partial charge in [-0.15, -0.1) is 0 Å². The summed E-state index contributed by atoms with van der Waals surface area (Å²) in [6.45, 7) is 1.55. The van der Waals surface area contributed by atoms with Crippen molar-refractivity contribution < 1.29 is 9.53 Å². The Kier molecular flexibility index (Phi) is 4.60. The van der Waals surface area contributed by atoms with Crippen LogP contribution in [0.2, 0.25) is 0 Å². The molecule has 1 aliphatic heterocycles. The molecule has 0 bridgehead atoms. The maximum Gasteiger partial charge on any atom is 0.260 e. The van der Waals surface area contributed by atoms with Crippen molar-refractivity contribution in [2.45, 2.75) is 18.9 Å². The Labute approximate surface area is 115 Å². The number of likely N-dealkylation sites (tertiary alicyclic amines) is 1. The number of hydrogen-bond acceptors (Lipinski definition) is 3. The van der Waals surface area contributed by atoms with Gasteiger partial charge in [-0.3, -0.25) is 4.79 Å². The molecule has 18 heavy (non-hydrogen) atoms. The number of amides is 1. The van der Waals surface area contributed by atoms with Crippen molar-refractivity contribution in [2.24, 2.45) is 5.73 Å². The van der Waals surface area contributed by atoms with E-state index >= 15 is 0 Å². The molecule has 1 saturated heterocycles. The number of benzene rings is 1. The second-order valence-corrected chi connectivity index (χ2v) is 5.29. The molecule has 98 valence electrons. The van der Waals surface area contributed by atoms with Crippen LogP contribution in [0.5, 0.6) is 5.75 Å². The minimum absolute atomic E-state index is 0.0256. The van der Waals surface area contributed by atoms with Crippen LogP contribution in [-0.2, 0) is 4.79 Å². The summed E-state index contributed by atoms with van der Waals surface area (Å²) in [6, 6.07) is 7.75. The number of rotatable bonds is 3. The Morgan fingerprint density at radius 3 is 2.72 bits per heavy atom. The molecule has 1 fully saturated rings. The van der Waals surface area contributed by atoms with Gasteiger partial charge in [-0.2, -0.15) is 0 Å². The highest BCUT2D eigenvalue weighted by Gasteiger charge is 2.20. The SMILES string of the molecule is NC1CCN(C(=O)COc2ccccc2Br)CC1. The highest BCUT2D eigenvalue weighted by Crippen LogP contribution is 2.23. The zero-order valence-electron chi connectivity index (χ0n) is 10.1. The standard InChI is InChI=1S/C13H17BrN2O2/c14-11-3-1-2-4-12(11)18-9-13(17)16-7-5-10(15)6-8-16/h1-4,10H,5-9,15H2. The first-order valence-corrected chi connectivity index (χ1v) is 6.87. The summed E-state index contributed by atoms with van der Waals surface area (Å²) in [5, 5.41) is 0. The minimum Gasteiger partial charge on any atom is -0.483 e. The summed E-state index contributed by atoms with van der Waals surface area (Å²) in [4.78, 5) is 13.8. The molecule has 4 nitrogen and oxygen atoms in total. The minimum atomic E-state index is 0.0256. The van der Waals surface area contributed by atoms with Gasteiger partial charge >= 0.3 is 0 Å². The average molecular weight is 313 g/mol. The number of nitrogens with zero attached hydrogens (tertiary/aromatic N) is 1. The number of nitrogens with two attached hydrogens (primary N) is 1. The van der Waals surface area contributed by atoms with Gasteiger partial charge in [0, 0.05) is 19.1 Å². The van der Waals surface area contributed by atoms with Crippen LogP contribution in [0.3, 0.4) is 0 Å². The number of halogens is 1. The van der Waals surface area contributed by atoms with E-state index in [0.717, 1.165) is 30.4 Å². The molecule has 1 amide bonds. The molecular formula is C13H17BrN2O2. The van der Waals surface area contributed by atoms with E-state index in [1.54, 1.807) is 0 Å². The Morgan fingerprint density at radius 2 is 2.06 bits per heavy atom. The van der Waals surface area contributed by atoms with Gasteiger partial charge in [-0.25, -0.2) is 0 Å². The first-order valence-electron chi connectivity index (χ1n) is 6.07. The molecular weight excluding hydrogens is 296 g/mol. The molecule has 0 spiro atoms. The van der Waals surface area contributed by atoms with Crippen LogP contribution < -0.4 is 10.5 Å². The topological polar surface area (TPSA) is 55.6 Å². The van der Waals surface area contributed by atoms with Crippen LogP contribution in [0.4, 0.5) is 0 Å². The van der Waals surface area contributed by atoms with Gasteiger partial charge in [0.1, 0.15) is 5.75 Å². The van der Waals surface area contributed by atoms with Crippen molar-refractivity contribution in [2.75, 3.05) is 19.7 Å². The molecule has 0 saturated carbocycles. The number of para-hydroxylation sites is 1. The van der Waals surface area contributed by atoms with Crippen molar-refractivity contribution in [3.63, 3.8) is 0 Å². The van der Waals surface area contributed by atoms with E-state index < -0.39 is 0 Å². The summed E-state index contributed by atoms with van der Waals surface area (Å²) in [5.74, 6) is 0.720. The first-order chi connectivity index (χ1) is 8.66. The smallest absolute Gasteiger partial charge is 0.260 e. The molecule has 0 radical (unpaired) electrons. The summed E-state index contributed by atoms with van der Waals surface area (Å²) in [7, 11) is 0. The normalized spacial score (nSPS) is 16.7. The van der Waals surface area contributed by atoms with Gasteiger partial charge in [-0.1, -0.05) is 12.1 Å². The molecule has 0 atom stereocenters. The van der Waals surface area contributed by atoms with Crippen LogP contribution in [0.15, 0.2) is 28.7 Å². The Bertz CT molecular complexity index is 417. The third-order valence-electron chi connectivity index (χ3n) is 3.08. The molecule has 2 N–H and O–H groups in total. The van der Waals surface area contributed by atoms with E-state index in [4.69, 9.17) is 10.5 Å². The van der Waals surface area contributed by atoms with Gasteiger partial charge in [0.25, 0.3) is 5.91 Å². The van der Waals surface area contributed by atoms with Gasteiger partial charge in [0.15, 0.2) is 6.61 Å². The highest BCUT2D eigenvalue weighted by molar-refractivity contribution is 9.10. The number of carbonyl (C=O) groups is 1. The second-order valence-electron chi connectivity index (χ2n) is 4.44. The van der Waals surface area contributed by atoms with Crippen molar-refractivity contribution >= 4 is 21.8 Å². The van der Waals surface area contributed by atoms with Gasteiger partial charge in [0.2, 0.25) is 0 Å². The molecule has 2 rings (SSSR count). The summed E-state index contributed by atoms with van der Waals surface area (Å²) in [5.41, 5.74) is 5.81. The van der Waals surface area contributed by atoms with Crippen molar-refractivity contribution in [3.8, 4) is 5.75 Å². The van der Waals surface area contributed by atoms with Gasteiger partial charge in [-0.05, 0) is 40.9 Å². The summed E-state index contributed by atoms with van der Waals surface area (Å²) >= 11 is 3.38. The fourth-order valence-corrected chi connectivity index (χ4v) is 2.34. The molecule has 1 aliphatic rings. The zero-order chi connectivity index (χ0) is 13.0. The zero-order valence-corrected chi connectivity index (χ0v) is 11.7. The van der Waals surface area contributed by atoms with E-state index in [2.05, 4.69) is 15.9 Å². The summed E-state index contributed by atoms with van der Waals surface area (Å²) in [6.07, 6.45) is 1.75. The molecule has 0 aliphatic carbocycles. The Balaban J connectivity index is 1.83. The van der Waals surface area contributed by atoms with Crippen molar-refractivity contribution in [3.05, 3.63) is 28.7 Å². The van der Waals surface area contributed by atoms with E-state index in [1.807, 2.05) is 29.2 Å². The monoisotopic (exact) mass is 312 g/mol. The largest absolute Gasteiger partial charge is 0.483 e. The predicted octanol–water partition coefficient (Wildman–Crippen LogP) is 1.78. The molecule has 1 aromatic rings. The second kappa shape index (κ2) is 6.20. The van der Waals surface area contributed by atoms with E-state index in [1.165, 1.54) is 0 Å². The van der Waals surface area contributed by atoms with Crippen LogP contribution >= 0.6 is 15.9 Å². The van der Waals surface area contributed by atoms with E-state index in [-0.39, 0.29) is 18.6 Å². The molecule has 1 heterocycles. The van der Waals surface area contributed by atoms with E-state index in [9.17, 15) is 4.79 Å². The number of carbonyl (C=O) groups excluding carboxylic acids is 1. The first kappa shape index (κ1) is 13.4. The molecule has 0 aromatic heterocycles. The number of piperidine rings is 1. The third kappa shape index (κ3) is 3.46. The molecule has 1 aromatic carbocycles. The lowest BCUT2D eigenvalue weighted by atomic mass is 10.1. The predicted molar refractivity (Wildman–Crippen MR) is 73.4 cm³/mol. The van der Waals surface area contributed by atoms with Crippen LogP contribution in [-0.4, -0.2) is 36.5 Å². The van der Waals surface area contributed by atoms with Crippen molar-refractivity contribution in [1.82, 2.24) is 4.90 Å². The van der Waals surface area contributed by atoms with Crippen LogP contribution in [0.1, 0.15) is 12.8 Å². The lowest BCUT2D eigenvalue weighted by molar-refractivity contribution is -0.134. The Hall–Kier alpha value is -1.07. The number of hydrogen-bond donors (Lipinski definition) is 1. The lowest BCUT2D eigenvalue weighted by Crippen LogP contribution is -2.44.